The Kier molecular flexibility index (Phi) is 9.31. The maximum absolute atomic E-state index is 12.7. The van der Waals surface area contributed by atoms with Crippen molar-refractivity contribution in [2.75, 3.05) is 26.7 Å². The van der Waals surface area contributed by atoms with Gasteiger partial charge in [-0.05, 0) is 62.0 Å². The summed E-state index contributed by atoms with van der Waals surface area (Å²) in [5.74, 6) is 0.336. The topological polar surface area (TPSA) is 87.7 Å². The van der Waals surface area contributed by atoms with Crippen molar-refractivity contribution in [3.63, 3.8) is 0 Å². The van der Waals surface area contributed by atoms with Crippen LogP contribution < -0.4 is 14.8 Å². The molecule has 2 rings (SSSR count). The van der Waals surface area contributed by atoms with E-state index in [9.17, 15) is 13.2 Å². The van der Waals surface area contributed by atoms with Gasteiger partial charge in [0, 0.05) is 11.6 Å². The fraction of sp³-hybridized carbons (Fsp3) is 0.409. The predicted molar refractivity (Wildman–Crippen MR) is 123 cm³/mol. The van der Waals surface area contributed by atoms with Gasteiger partial charge in [0.25, 0.3) is 0 Å². The van der Waals surface area contributed by atoms with Crippen LogP contribution in [0.4, 0.5) is 0 Å². The van der Waals surface area contributed by atoms with Crippen LogP contribution in [0.5, 0.6) is 5.75 Å². The van der Waals surface area contributed by atoms with Crippen molar-refractivity contribution < 1.29 is 17.9 Å². The molecule has 0 aromatic heterocycles. The molecule has 0 saturated carbocycles. The van der Waals surface area contributed by atoms with Crippen molar-refractivity contribution in [1.82, 2.24) is 14.9 Å². The number of carbonyl (C=O) groups is 1. The Morgan fingerprint density at radius 2 is 1.77 bits per heavy atom. The summed E-state index contributed by atoms with van der Waals surface area (Å²) in [5, 5.41) is 3.32. The predicted octanol–water partition coefficient (Wildman–Crippen LogP) is 3.21. The molecular weight excluding hydrogens is 438 g/mol. The first-order chi connectivity index (χ1) is 14.7. The van der Waals surface area contributed by atoms with Gasteiger partial charge in [0.05, 0.1) is 24.1 Å². The van der Waals surface area contributed by atoms with E-state index in [4.69, 9.17) is 16.3 Å². The number of halogens is 1. The molecule has 2 aromatic carbocycles. The first-order valence-corrected chi connectivity index (χ1v) is 12.0. The molecule has 0 radical (unpaired) electrons. The lowest BCUT2D eigenvalue weighted by molar-refractivity contribution is -0.122. The van der Waals surface area contributed by atoms with E-state index in [1.54, 1.807) is 7.11 Å². The lowest BCUT2D eigenvalue weighted by Gasteiger charge is -2.31. The van der Waals surface area contributed by atoms with Gasteiger partial charge in [-0.3, -0.25) is 9.69 Å². The SMILES string of the molecule is CCN(CC)C(CNC(=O)[C@H](C)NS(=O)(=O)c1ccc(Cl)cc1)c1cccc(OC)c1. The van der Waals surface area contributed by atoms with Crippen molar-refractivity contribution in [2.45, 2.75) is 37.8 Å². The fourth-order valence-corrected chi connectivity index (χ4v) is 4.62. The van der Waals surface area contributed by atoms with Crippen LogP contribution in [-0.2, 0) is 14.8 Å². The molecule has 9 heteroatoms. The number of rotatable bonds is 11. The third-order valence-corrected chi connectivity index (χ3v) is 6.86. The van der Waals surface area contributed by atoms with Gasteiger partial charge in [0.15, 0.2) is 0 Å². The molecule has 0 saturated heterocycles. The minimum atomic E-state index is -3.84. The second-order valence-electron chi connectivity index (χ2n) is 7.06. The first kappa shape index (κ1) is 25.1. The fourth-order valence-electron chi connectivity index (χ4n) is 3.29. The normalized spacial score (nSPS) is 13.6. The molecule has 2 atom stereocenters. The Balaban J connectivity index is 2.09. The number of benzene rings is 2. The second-order valence-corrected chi connectivity index (χ2v) is 9.21. The van der Waals surface area contributed by atoms with Crippen LogP contribution in [-0.4, -0.2) is 52.0 Å². The minimum Gasteiger partial charge on any atom is -0.497 e. The average Bonchev–Trinajstić information content (AvgIpc) is 2.76. The molecule has 1 unspecified atom stereocenters. The number of amides is 1. The third kappa shape index (κ3) is 6.93. The van der Waals surface area contributed by atoms with Crippen LogP contribution in [0.15, 0.2) is 53.4 Å². The number of nitrogens with zero attached hydrogens (tertiary/aromatic N) is 1. The van der Waals surface area contributed by atoms with E-state index in [1.165, 1.54) is 31.2 Å². The molecule has 0 aliphatic rings. The number of hydrogen-bond acceptors (Lipinski definition) is 5. The highest BCUT2D eigenvalue weighted by molar-refractivity contribution is 7.89. The van der Waals surface area contributed by atoms with E-state index in [2.05, 4.69) is 28.8 Å². The van der Waals surface area contributed by atoms with Crippen molar-refractivity contribution in [1.29, 1.82) is 0 Å². The zero-order chi connectivity index (χ0) is 23.0. The lowest BCUT2D eigenvalue weighted by atomic mass is 10.0. The Labute approximate surface area is 189 Å². The van der Waals surface area contributed by atoms with Crippen LogP contribution in [0.2, 0.25) is 5.02 Å². The highest BCUT2D eigenvalue weighted by atomic mass is 35.5. The zero-order valence-corrected chi connectivity index (χ0v) is 19.8. The molecule has 0 bridgehead atoms. The summed E-state index contributed by atoms with van der Waals surface area (Å²) in [7, 11) is -2.23. The van der Waals surface area contributed by atoms with Gasteiger partial charge in [0.1, 0.15) is 5.75 Å². The number of sulfonamides is 1. The summed E-state index contributed by atoms with van der Waals surface area (Å²) in [6.07, 6.45) is 0. The van der Waals surface area contributed by atoms with Gasteiger partial charge in [-0.15, -0.1) is 0 Å². The molecule has 170 valence electrons. The Hall–Kier alpha value is -2.13. The number of carbonyl (C=O) groups excluding carboxylic acids is 1. The maximum Gasteiger partial charge on any atom is 0.241 e. The molecule has 2 N–H and O–H groups in total. The summed E-state index contributed by atoms with van der Waals surface area (Å²) in [6, 6.07) is 12.5. The molecule has 0 spiro atoms. The maximum atomic E-state index is 12.7. The summed E-state index contributed by atoms with van der Waals surface area (Å²) < 4.78 is 32.8. The monoisotopic (exact) mass is 467 g/mol. The summed E-state index contributed by atoms with van der Waals surface area (Å²) in [5.41, 5.74) is 1.01. The second kappa shape index (κ2) is 11.5. The van der Waals surface area contributed by atoms with Crippen LogP contribution in [0, 0.1) is 0 Å². The highest BCUT2D eigenvalue weighted by Gasteiger charge is 2.24. The molecule has 0 aliphatic heterocycles. The summed E-state index contributed by atoms with van der Waals surface area (Å²) in [4.78, 5) is 14.9. The van der Waals surface area contributed by atoms with Crippen molar-refractivity contribution in [3.8, 4) is 5.75 Å². The number of hydrogen-bond donors (Lipinski definition) is 2. The van der Waals surface area contributed by atoms with Gasteiger partial charge in [-0.25, -0.2) is 8.42 Å². The van der Waals surface area contributed by atoms with E-state index >= 15 is 0 Å². The van der Waals surface area contributed by atoms with Gasteiger partial charge in [0.2, 0.25) is 15.9 Å². The Bertz CT molecular complexity index is 963. The standard InChI is InChI=1S/C22H30ClN3O4S/c1-5-26(6-2)21(17-8-7-9-19(14-17)30-4)15-24-22(27)16(3)25-31(28,29)20-12-10-18(23)11-13-20/h7-14,16,21,25H,5-6,15H2,1-4H3,(H,24,27)/t16-,21?/m0/s1. The van der Waals surface area contributed by atoms with Crippen LogP contribution in [0.25, 0.3) is 0 Å². The van der Waals surface area contributed by atoms with E-state index in [-0.39, 0.29) is 10.9 Å². The van der Waals surface area contributed by atoms with Gasteiger partial charge < -0.3 is 10.1 Å². The van der Waals surface area contributed by atoms with Crippen LogP contribution in [0.3, 0.4) is 0 Å². The smallest absolute Gasteiger partial charge is 0.241 e. The lowest BCUT2D eigenvalue weighted by Crippen LogP contribution is -2.47. The number of nitrogens with one attached hydrogen (secondary N) is 2. The summed E-state index contributed by atoms with van der Waals surface area (Å²) in [6.45, 7) is 7.56. The molecule has 0 heterocycles. The summed E-state index contributed by atoms with van der Waals surface area (Å²) >= 11 is 5.82. The Morgan fingerprint density at radius 3 is 2.35 bits per heavy atom. The average molecular weight is 468 g/mol. The molecular formula is C22H30ClN3O4S. The van der Waals surface area contributed by atoms with Crippen molar-refractivity contribution in [2.24, 2.45) is 0 Å². The van der Waals surface area contributed by atoms with E-state index in [0.29, 0.717) is 11.6 Å². The highest BCUT2D eigenvalue weighted by Crippen LogP contribution is 2.24. The zero-order valence-electron chi connectivity index (χ0n) is 18.3. The van der Waals surface area contributed by atoms with Crippen molar-refractivity contribution in [3.05, 3.63) is 59.1 Å². The Morgan fingerprint density at radius 1 is 1.13 bits per heavy atom. The quantitative estimate of drug-likeness (QED) is 0.529. The van der Waals surface area contributed by atoms with Gasteiger partial charge in [-0.1, -0.05) is 37.6 Å². The van der Waals surface area contributed by atoms with E-state index < -0.39 is 22.0 Å². The van der Waals surface area contributed by atoms with Crippen LogP contribution in [0.1, 0.15) is 32.4 Å². The first-order valence-electron chi connectivity index (χ1n) is 10.1. The molecule has 7 nitrogen and oxygen atoms in total. The third-order valence-electron chi connectivity index (χ3n) is 5.05. The molecule has 2 aromatic rings. The molecule has 1 amide bonds. The van der Waals surface area contributed by atoms with E-state index in [0.717, 1.165) is 24.4 Å². The minimum absolute atomic E-state index is 0.0500. The van der Waals surface area contributed by atoms with Crippen LogP contribution >= 0.6 is 11.6 Å². The number of ether oxygens (including phenoxy) is 1. The van der Waals surface area contributed by atoms with E-state index in [1.807, 2.05) is 24.3 Å². The molecule has 0 fully saturated rings. The van der Waals surface area contributed by atoms with Crippen molar-refractivity contribution >= 4 is 27.5 Å². The van der Waals surface area contributed by atoms with Gasteiger partial charge in [-0.2, -0.15) is 4.72 Å². The van der Waals surface area contributed by atoms with Gasteiger partial charge >= 0.3 is 0 Å². The molecule has 0 aliphatic carbocycles. The number of likely N-dealkylation sites (N-methyl/N-ethyl adjacent to an activating group) is 1. The molecule has 31 heavy (non-hydrogen) atoms. The largest absolute Gasteiger partial charge is 0.497 e. The number of methoxy groups -OCH3 is 1.